The van der Waals surface area contributed by atoms with Gasteiger partial charge in [0.2, 0.25) is 0 Å². The van der Waals surface area contributed by atoms with Crippen molar-refractivity contribution in [3.8, 4) is 0 Å². The van der Waals surface area contributed by atoms with Crippen LogP contribution >= 0.6 is 0 Å². The second-order valence-corrected chi connectivity index (χ2v) is 5.40. The predicted octanol–water partition coefficient (Wildman–Crippen LogP) is -2.38. The van der Waals surface area contributed by atoms with Gasteiger partial charge in [-0.1, -0.05) is 0 Å². The Balaban J connectivity index is 2.14. The highest BCUT2D eigenvalue weighted by Gasteiger charge is 2.21. The van der Waals surface area contributed by atoms with Gasteiger partial charge in [-0.3, -0.25) is 0 Å². The van der Waals surface area contributed by atoms with Crippen LogP contribution in [0.3, 0.4) is 0 Å². The molecule has 1 rings (SSSR count). The standard InChI is InChI=1S/C11H24N2O2/c1-11(2,3)15-9-10(14)8-13-6-4-12-5-7-13/h10,12,14H,4-9H2,1-3H3/p+2/t10-/m1/s1. The van der Waals surface area contributed by atoms with E-state index >= 15 is 0 Å². The third-order valence-electron chi connectivity index (χ3n) is 2.64. The summed E-state index contributed by atoms with van der Waals surface area (Å²) in [5.74, 6) is 0. The number of rotatable bonds is 4. The fourth-order valence-corrected chi connectivity index (χ4v) is 1.82. The summed E-state index contributed by atoms with van der Waals surface area (Å²) < 4.78 is 5.56. The number of nitrogens with one attached hydrogen (secondary N) is 1. The van der Waals surface area contributed by atoms with Crippen molar-refractivity contribution in [2.75, 3.05) is 39.3 Å². The fraction of sp³-hybridized carbons (Fsp3) is 1.00. The Kier molecular flexibility index (Phi) is 4.99. The first-order chi connectivity index (χ1) is 6.97. The van der Waals surface area contributed by atoms with Crippen molar-refractivity contribution < 1.29 is 20.1 Å². The molecule has 1 aliphatic rings. The third-order valence-corrected chi connectivity index (χ3v) is 2.64. The second kappa shape index (κ2) is 5.80. The minimum atomic E-state index is -0.322. The number of hydrogen-bond acceptors (Lipinski definition) is 2. The zero-order valence-corrected chi connectivity index (χ0v) is 10.3. The van der Waals surface area contributed by atoms with Gasteiger partial charge >= 0.3 is 0 Å². The van der Waals surface area contributed by atoms with Gasteiger partial charge in [0, 0.05) is 0 Å². The summed E-state index contributed by atoms with van der Waals surface area (Å²) in [6.07, 6.45) is -0.322. The van der Waals surface area contributed by atoms with Crippen LogP contribution in [0.1, 0.15) is 20.8 Å². The first-order valence-electron chi connectivity index (χ1n) is 5.94. The van der Waals surface area contributed by atoms with Crippen molar-refractivity contribution in [3.63, 3.8) is 0 Å². The van der Waals surface area contributed by atoms with Gasteiger partial charge in [-0.15, -0.1) is 0 Å². The van der Waals surface area contributed by atoms with Crippen molar-refractivity contribution in [2.24, 2.45) is 0 Å². The molecule has 1 fully saturated rings. The van der Waals surface area contributed by atoms with E-state index < -0.39 is 0 Å². The third kappa shape index (κ3) is 6.10. The number of ether oxygens (including phenoxy) is 1. The summed E-state index contributed by atoms with van der Waals surface area (Å²) in [4.78, 5) is 1.50. The van der Waals surface area contributed by atoms with Crippen LogP contribution in [0.2, 0.25) is 0 Å². The molecule has 0 amide bonds. The van der Waals surface area contributed by atoms with Crippen LogP contribution in [-0.4, -0.2) is 56.1 Å². The summed E-state index contributed by atoms with van der Waals surface area (Å²) in [6, 6.07) is 0. The zero-order chi connectivity index (χ0) is 11.3. The van der Waals surface area contributed by atoms with Gasteiger partial charge in [0.15, 0.2) is 0 Å². The highest BCUT2D eigenvalue weighted by molar-refractivity contribution is 4.61. The summed E-state index contributed by atoms with van der Waals surface area (Å²) >= 11 is 0. The Morgan fingerprint density at radius 3 is 2.47 bits per heavy atom. The molecule has 15 heavy (non-hydrogen) atoms. The minimum Gasteiger partial charge on any atom is -0.385 e. The Morgan fingerprint density at radius 2 is 1.93 bits per heavy atom. The number of quaternary nitrogens is 2. The molecule has 1 aliphatic heterocycles. The van der Waals surface area contributed by atoms with E-state index in [2.05, 4.69) is 5.32 Å². The Hall–Kier alpha value is -0.160. The molecular weight excluding hydrogens is 192 g/mol. The lowest BCUT2D eigenvalue weighted by atomic mass is 10.2. The van der Waals surface area contributed by atoms with Gasteiger partial charge in [0.05, 0.1) is 12.2 Å². The number of aliphatic hydroxyl groups is 1. The maximum atomic E-state index is 9.81. The van der Waals surface area contributed by atoms with Crippen molar-refractivity contribution in [2.45, 2.75) is 32.5 Å². The first kappa shape index (κ1) is 12.9. The molecule has 0 radical (unpaired) electrons. The molecule has 0 spiro atoms. The van der Waals surface area contributed by atoms with Gasteiger partial charge in [0.1, 0.15) is 38.8 Å². The normalized spacial score (nSPS) is 21.6. The van der Waals surface area contributed by atoms with Gasteiger partial charge in [-0.2, -0.15) is 0 Å². The largest absolute Gasteiger partial charge is 0.385 e. The molecule has 0 aromatic heterocycles. The fourth-order valence-electron chi connectivity index (χ4n) is 1.82. The van der Waals surface area contributed by atoms with Crippen LogP contribution in [-0.2, 0) is 4.74 Å². The number of aliphatic hydroxyl groups excluding tert-OH is 1. The van der Waals surface area contributed by atoms with Gasteiger partial charge in [-0.25, -0.2) is 0 Å². The lowest BCUT2D eigenvalue weighted by Crippen LogP contribution is -3.21. The van der Waals surface area contributed by atoms with Crippen LogP contribution < -0.4 is 10.2 Å². The van der Waals surface area contributed by atoms with E-state index in [4.69, 9.17) is 4.74 Å². The molecule has 0 aromatic carbocycles. The molecule has 0 bridgehead atoms. The van der Waals surface area contributed by atoms with Crippen LogP contribution in [0, 0.1) is 0 Å². The molecule has 1 heterocycles. The molecule has 4 nitrogen and oxygen atoms in total. The van der Waals surface area contributed by atoms with Gasteiger partial charge in [-0.05, 0) is 20.8 Å². The van der Waals surface area contributed by atoms with Crippen LogP contribution in [0.4, 0.5) is 0 Å². The zero-order valence-electron chi connectivity index (χ0n) is 10.3. The molecule has 0 aliphatic carbocycles. The van der Waals surface area contributed by atoms with Crippen LogP contribution in [0.15, 0.2) is 0 Å². The average Bonchev–Trinajstić information content (AvgIpc) is 2.15. The van der Waals surface area contributed by atoms with E-state index in [1.54, 1.807) is 0 Å². The molecular formula is C11H26N2O2+2. The second-order valence-electron chi connectivity index (χ2n) is 5.40. The highest BCUT2D eigenvalue weighted by atomic mass is 16.5. The Bertz CT molecular complexity index is 174. The van der Waals surface area contributed by atoms with E-state index in [9.17, 15) is 5.11 Å². The van der Waals surface area contributed by atoms with Crippen molar-refractivity contribution in [1.82, 2.24) is 0 Å². The summed E-state index contributed by atoms with van der Waals surface area (Å²) in [7, 11) is 0. The van der Waals surface area contributed by atoms with E-state index in [-0.39, 0.29) is 11.7 Å². The summed E-state index contributed by atoms with van der Waals surface area (Å²) in [5.41, 5.74) is -0.147. The van der Waals surface area contributed by atoms with E-state index in [1.807, 2.05) is 20.8 Å². The number of piperazine rings is 1. The van der Waals surface area contributed by atoms with Crippen molar-refractivity contribution in [1.29, 1.82) is 0 Å². The van der Waals surface area contributed by atoms with E-state index in [0.29, 0.717) is 6.61 Å². The first-order valence-corrected chi connectivity index (χ1v) is 5.94. The molecule has 1 atom stereocenters. The van der Waals surface area contributed by atoms with Crippen molar-refractivity contribution >= 4 is 0 Å². The van der Waals surface area contributed by atoms with Crippen molar-refractivity contribution in [3.05, 3.63) is 0 Å². The lowest BCUT2D eigenvalue weighted by Gasteiger charge is -2.26. The highest BCUT2D eigenvalue weighted by Crippen LogP contribution is 2.06. The lowest BCUT2D eigenvalue weighted by molar-refractivity contribution is -0.949. The molecule has 0 saturated carbocycles. The molecule has 4 heteroatoms. The van der Waals surface area contributed by atoms with Gasteiger partial charge in [0.25, 0.3) is 0 Å². The van der Waals surface area contributed by atoms with Crippen LogP contribution in [0.25, 0.3) is 0 Å². The molecule has 1 saturated heterocycles. The molecule has 90 valence electrons. The maximum absolute atomic E-state index is 9.81. The quantitative estimate of drug-likeness (QED) is 0.494. The number of hydrogen-bond donors (Lipinski definition) is 3. The Labute approximate surface area is 92.6 Å². The average molecular weight is 218 g/mol. The summed E-state index contributed by atoms with van der Waals surface area (Å²) in [5, 5.41) is 12.1. The maximum Gasteiger partial charge on any atom is 0.127 e. The van der Waals surface area contributed by atoms with E-state index in [0.717, 1.165) is 19.6 Å². The number of nitrogens with two attached hydrogens (primary N) is 1. The smallest absolute Gasteiger partial charge is 0.127 e. The molecule has 0 aromatic rings. The van der Waals surface area contributed by atoms with Gasteiger partial charge < -0.3 is 20.1 Å². The van der Waals surface area contributed by atoms with Crippen LogP contribution in [0.5, 0.6) is 0 Å². The topological polar surface area (TPSA) is 50.5 Å². The Morgan fingerprint density at radius 1 is 1.33 bits per heavy atom. The molecule has 4 N–H and O–H groups in total. The predicted molar refractivity (Wildman–Crippen MR) is 58.9 cm³/mol. The monoisotopic (exact) mass is 218 g/mol. The summed E-state index contributed by atoms with van der Waals surface area (Å²) in [6.45, 7) is 12.0. The molecule has 0 unspecified atom stereocenters. The van der Waals surface area contributed by atoms with E-state index in [1.165, 1.54) is 18.0 Å². The SMILES string of the molecule is CC(C)(C)OC[C@H](O)C[NH+]1CC[NH2+]CC1. The minimum absolute atomic E-state index is 0.147.